The first kappa shape index (κ1) is 8.02. The van der Waals surface area contributed by atoms with E-state index in [4.69, 9.17) is 0 Å². The van der Waals surface area contributed by atoms with Gasteiger partial charge in [-0.3, -0.25) is 0 Å². The average molecular weight is 143 g/mol. The molecule has 1 aliphatic rings. The Morgan fingerprint density at radius 3 is 2.60 bits per heavy atom. The van der Waals surface area contributed by atoms with E-state index in [-0.39, 0.29) is 0 Å². The first-order valence-corrected chi connectivity index (χ1v) is 4.06. The highest BCUT2D eigenvalue weighted by Crippen LogP contribution is 2.27. The smallest absolute Gasteiger partial charge is 0.0771 e. The van der Waals surface area contributed by atoms with Crippen molar-refractivity contribution < 1.29 is 5.11 Å². The van der Waals surface area contributed by atoms with Crippen LogP contribution in [0.4, 0.5) is 0 Å². The summed E-state index contributed by atoms with van der Waals surface area (Å²) in [4.78, 5) is 0. The van der Waals surface area contributed by atoms with Crippen molar-refractivity contribution in [1.29, 1.82) is 0 Å². The zero-order valence-electron chi connectivity index (χ0n) is 6.85. The van der Waals surface area contributed by atoms with Gasteiger partial charge in [-0.1, -0.05) is 12.8 Å². The fourth-order valence-corrected chi connectivity index (χ4v) is 1.77. The highest BCUT2D eigenvalue weighted by atomic mass is 16.3. The van der Waals surface area contributed by atoms with Gasteiger partial charge in [-0.2, -0.15) is 0 Å². The van der Waals surface area contributed by atoms with Crippen molar-refractivity contribution >= 4 is 0 Å². The number of nitrogens with one attached hydrogen (secondary N) is 1. The lowest BCUT2D eigenvalue weighted by Crippen LogP contribution is -2.49. The SMILES string of the molecule is CN[C@H]1CCCC[C@]1(C)O. The molecule has 0 aromatic heterocycles. The molecule has 0 amide bonds. The normalized spacial score (nSPS) is 41.7. The Morgan fingerprint density at radius 1 is 1.50 bits per heavy atom. The minimum atomic E-state index is -0.465. The van der Waals surface area contributed by atoms with Gasteiger partial charge in [-0.25, -0.2) is 0 Å². The molecular formula is C8H17NO. The molecule has 0 aromatic rings. The fourth-order valence-electron chi connectivity index (χ4n) is 1.77. The summed E-state index contributed by atoms with van der Waals surface area (Å²) in [5.41, 5.74) is -0.465. The van der Waals surface area contributed by atoms with Gasteiger partial charge in [0.05, 0.1) is 5.60 Å². The van der Waals surface area contributed by atoms with E-state index < -0.39 is 5.60 Å². The molecule has 1 aliphatic carbocycles. The molecule has 1 rings (SSSR count). The molecule has 1 fully saturated rings. The van der Waals surface area contributed by atoms with Crippen LogP contribution >= 0.6 is 0 Å². The van der Waals surface area contributed by atoms with Gasteiger partial charge in [0.25, 0.3) is 0 Å². The van der Waals surface area contributed by atoms with Crippen molar-refractivity contribution in [1.82, 2.24) is 5.32 Å². The first-order chi connectivity index (χ1) is 4.67. The van der Waals surface area contributed by atoms with Crippen LogP contribution in [0, 0.1) is 0 Å². The van der Waals surface area contributed by atoms with Crippen LogP contribution in [0.3, 0.4) is 0 Å². The van der Waals surface area contributed by atoms with Crippen molar-refractivity contribution in [2.24, 2.45) is 0 Å². The minimum absolute atomic E-state index is 0.307. The summed E-state index contributed by atoms with van der Waals surface area (Å²) >= 11 is 0. The molecule has 2 heteroatoms. The van der Waals surface area contributed by atoms with Gasteiger partial charge in [0, 0.05) is 6.04 Å². The molecule has 2 nitrogen and oxygen atoms in total. The van der Waals surface area contributed by atoms with Gasteiger partial charge in [-0.15, -0.1) is 0 Å². The molecule has 0 spiro atoms. The second-order valence-corrected chi connectivity index (χ2v) is 3.44. The number of aliphatic hydroxyl groups is 1. The molecule has 0 heterocycles. The Kier molecular flexibility index (Phi) is 2.32. The van der Waals surface area contributed by atoms with E-state index in [1.165, 1.54) is 12.8 Å². The lowest BCUT2D eigenvalue weighted by molar-refractivity contribution is -0.00727. The lowest BCUT2D eigenvalue weighted by atomic mass is 9.82. The molecule has 0 saturated heterocycles. The number of rotatable bonds is 1. The predicted molar refractivity (Wildman–Crippen MR) is 41.9 cm³/mol. The van der Waals surface area contributed by atoms with E-state index in [0.29, 0.717) is 6.04 Å². The summed E-state index contributed by atoms with van der Waals surface area (Å²) < 4.78 is 0. The molecule has 0 bridgehead atoms. The van der Waals surface area contributed by atoms with Crippen LogP contribution in [0.25, 0.3) is 0 Å². The summed E-state index contributed by atoms with van der Waals surface area (Å²) in [5.74, 6) is 0. The van der Waals surface area contributed by atoms with Crippen molar-refractivity contribution in [2.45, 2.75) is 44.2 Å². The van der Waals surface area contributed by atoms with Gasteiger partial charge in [0.15, 0.2) is 0 Å². The molecule has 2 atom stereocenters. The second kappa shape index (κ2) is 2.89. The van der Waals surface area contributed by atoms with Crippen LogP contribution in [0.15, 0.2) is 0 Å². The molecule has 0 unspecified atom stereocenters. The number of hydrogen-bond acceptors (Lipinski definition) is 2. The highest BCUT2D eigenvalue weighted by Gasteiger charge is 2.32. The molecule has 0 aliphatic heterocycles. The van der Waals surface area contributed by atoms with Gasteiger partial charge in [-0.05, 0) is 26.8 Å². The standard InChI is InChI=1S/C8H17NO/c1-8(10)6-4-3-5-7(8)9-2/h7,9-10H,3-6H2,1-2H3/t7-,8-/m0/s1. The zero-order valence-corrected chi connectivity index (χ0v) is 6.85. The zero-order chi connectivity index (χ0) is 7.61. The summed E-state index contributed by atoms with van der Waals surface area (Å²) in [5, 5.41) is 12.9. The van der Waals surface area contributed by atoms with Crippen LogP contribution in [-0.2, 0) is 0 Å². The van der Waals surface area contributed by atoms with E-state index >= 15 is 0 Å². The third-order valence-corrected chi connectivity index (χ3v) is 2.52. The fraction of sp³-hybridized carbons (Fsp3) is 1.00. The maximum atomic E-state index is 9.77. The average Bonchev–Trinajstić information content (AvgIpc) is 1.87. The van der Waals surface area contributed by atoms with Gasteiger partial charge >= 0.3 is 0 Å². The van der Waals surface area contributed by atoms with Gasteiger partial charge in [0.1, 0.15) is 0 Å². The lowest BCUT2D eigenvalue weighted by Gasteiger charge is -2.36. The Hall–Kier alpha value is -0.0800. The van der Waals surface area contributed by atoms with Crippen molar-refractivity contribution in [3.05, 3.63) is 0 Å². The van der Waals surface area contributed by atoms with Crippen LogP contribution < -0.4 is 5.32 Å². The Labute approximate surface area is 62.6 Å². The molecule has 0 radical (unpaired) electrons. The van der Waals surface area contributed by atoms with Crippen LogP contribution in [0.2, 0.25) is 0 Å². The third-order valence-electron chi connectivity index (χ3n) is 2.52. The molecular weight excluding hydrogens is 126 g/mol. The molecule has 60 valence electrons. The van der Waals surface area contributed by atoms with Crippen molar-refractivity contribution in [3.63, 3.8) is 0 Å². The van der Waals surface area contributed by atoms with E-state index in [2.05, 4.69) is 5.32 Å². The highest BCUT2D eigenvalue weighted by molar-refractivity contribution is 4.90. The number of hydrogen-bond donors (Lipinski definition) is 2. The van der Waals surface area contributed by atoms with Crippen LogP contribution in [0.5, 0.6) is 0 Å². The summed E-state index contributed by atoms with van der Waals surface area (Å²) in [6.07, 6.45) is 4.48. The molecule has 1 saturated carbocycles. The maximum Gasteiger partial charge on any atom is 0.0771 e. The largest absolute Gasteiger partial charge is 0.389 e. The quantitative estimate of drug-likeness (QED) is 0.571. The van der Waals surface area contributed by atoms with Gasteiger partial charge in [0.2, 0.25) is 0 Å². The van der Waals surface area contributed by atoms with E-state index in [1.807, 2.05) is 14.0 Å². The molecule has 10 heavy (non-hydrogen) atoms. The van der Waals surface area contributed by atoms with E-state index in [1.54, 1.807) is 0 Å². The second-order valence-electron chi connectivity index (χ2n) is 3.44. The van der Waals surface area contributed by atoms with Crippen molar-refractivity contribution in [3.8, 4) is 0 Å². The Bertz CT molecular complexity index is 112. The summed E-state index contributed by atoms with van der Waals surface area (Å²) in [6, 6.07) is 0.307. The molecule has 2 N–H and O–H groups in total. The van der Waals surface area contributed by atoms with E-state index in [9.17, 15) is 5.11 Å². The van der Waals surface area contributed by atoms with Crippen LogP contribution in [0.1, 0.15) is 32.6 Å². The number of likely N-dealkylation sites (N-methyl/N-ethyl adjacent to an activating group) is 1. The summed E-state index contributed by atoms with van der Waals surface area (Å²) in [6.45, 7) is 1.92. The van der Waals surface area contributed by atoms with Crippen LogP contribution in [-0.4, -0.2) is 23.8 Å². The van der Waals surface area contributed by atoms with Crippen molar-refractivity contribution in [2.75, 3.05) is 7.05 Å². The topological polar surface area (TPSA) is 32.3 Å². The van der Waals surface area contributed by atoms with E-state index in [0.717, 1.165) is 12.8 Å². The first-order valence-electron chi connectivity index (χ1n) is 4.06. The third kappa shape index (κ3) is 1.50. The monoisotopic (exact) mass is 143 g/mol. The van der Waals surface area contributed by atoms with Gasteiger partial charge < -0.3 is 10.4 Å². The minimum Gasteiger partial charge on any atom is -0.389 e. The molecule has 0 aromatic carbocycles. The summed E-state index contributed by atoms with van der Waals surface area (Å²) in [7, 11) is 1.92. The predicted octanol–water partition coefficient (Wildman–Crippen LogP) is 0.899. The Morgan fingerprint density at radius 2 is 2.20 bits per heavy atom. The maximum absolute atomic E-state index is 9.77. The Balaban J connectivity index is 2.51.